The fourth-order valence-corrected chi connectivity index (χ4v) is 1.19. The van der Waals surface area contributed by atoms with Crippen LogP contribution in [0.4, 0.5) is 0 Å². The lowest BCUT2D eigenvalue weighted by atomic mass is 10.2. The van der Waals surface area contributed by atoms with Crippen molar-refractivity contribution in [3.05, 3.63) is 11.9 Å². The second kappa shape index (κ2) is 2.57. The normalized spacial score (nSPS) is 22.4. The van der Waals surface area contributed by atoms with E-state index in [1.165, 1.54) is 0 Å². The van der Waals surface area contributed by atoms with Crippen molar-refractivity contribution >= 4 is 5.78 Å². The van der Waals surface area contributed by atoms with Crippen molar-refractivity contribution in [3.8, 4) is 0 Å². The highest BCUT2D eigenvalue weighted by Crippen LogP contribution is 2.30. The molecule has 2 N–H and O–H groups in total. The van der Waals surface area contributed by atoms with E-state index in [0.29, 0.717) is 5.92 Å². The molecule has 3 heteroatoms. The molecule has 1 heterocycles. The lowest BCUT2D eigenvalue weighted by molar-refractivity contribution is -0.115. The molecule has 0 bridgehead atoms. The maximum Gasteiger partial charge on any atom is 0.162 e. The van der Waals surface area contributed by atoms with Crippen molar-refractivity contribution in [2.45, 2.75) is 12.8 Å². The quantitative estimate of drug-likeness (QED) is 0.547. The van der Waals surface area contributed by atoms with Crippen LogP contribution in [-0.2, 0) is 4.79 Å². The summed E-state index contributed by atoms with van der Waals surface area (Å²) < 4.78 is 0. The van der Waals surface area contributed by atoms with Gasteiger partial charge in [-0.15, -0.1) is 0 Å². The standard InChI is InChI=1S/C8H12N2O/c11-7(6-1-2-6)5-8-9-3-4-10-8/h5-6,9-10H,1-4H2. The molecule has 0 atom stereocenters. The molecule has 0 amide bonds. The molecule has 2 rings (SSSR count). The highest BCUT2D eigenvalue weighted by atomic mass is 16.1. The number of ketones is 1. The Hall–Kier alpha value is -0.990. The molecule has 0 aromatic rings. The minimum absolute atomic E-state index is 0.280. The Labute approximate surface area is 65.9 Å². The number of carbonyl (C=O) groups excluding carboxylic acids is 1. The first kappa shape index (κ1) is 6.70. The van der Waals surface area contributed by atoms with Crippen LogP contribution in [0.5, 0.6) is 0 Å². The molecule has 3 nitrogen and oxygen atoms in total. The molecule has 11 heavy (non-hydrogen) atoms. The summed E-state index contributed by atoms with van der Waals surface area (Å²) in [6.45, 7) is 1.87. The van der Waals surface area contributed by atoms with Gasteiger partial charge in [0.05, 0.1) is 0 Å². The van der Waals surface area contributed by atoms with Gasteiger partial charge in [0.1, 0.15) is 5.82 Å². The van der Waals surface area contributed by atoms with Gasteiger partial charge in [0.2, 0.25) is 0 Å². The highest BCUT2D eigenvalue weighted by molar-refractivity contribution is 5.93. The van der Waals surface area contributed by atoms with E-state index in [1.807, 2.05) is 0 Å². The predicted octanol–water partition coefficient (Wildman–Crippen LogP) is -0.000300. The Morgan fingerprint density at radius 2 is 2.00 bits per heavy atom. The van der Waals surface area contributed by atoms with Crippen LogP contribution in [0, 0.1) is 5.92 Å². The summed E-state index contributed by atoms with van der Waals surface area (Å²) in [6, 6.07) is 0. The molecule has 0 spiro atoms. The average Bonchev–Trinajstić information content (AvgIpc) is 2.73. The maximum atomic E-state index is 11.2. The molecule has 2 fully saturated rings. The first-order valence-corrected chi connectivity index (χ1v) is 4.09. The number of nitrogens with one attached hydrogen (secondary N) is 2. The van der Waals surface area contributed by atoms with Gasteiger partial charge in [-0.25, -0.2) is 0 Å². The third kappa shape index (κ3) is 1.53. The minimum Gasteiger partial charge on any atom is -0.370 e. The van der Waals surface area contributed by atoms with Crippen molar-refractivity contribution in [3.63, 3.8) is 0 Å². The Bertz CT molecular complexity index is 198. The Morgan fingerprint density at radius 1 is 1.36 bits per heavy atom. The van der Waals surface area contributed by atoms with E-state index in [0.717, 1.165) is 31.8 Å². The van der Waals surface area contributed by atoms with E-state index in [-0.39, 0.29) is 5.78 Å². The van der Waals surface area contributed by atoms with E-state index < -0.39 is 0 Å². The third-order valence-electron chi connectivity index (χ3n) is 2.02. The lowest BCUT2D eigenvalue weighted by Crippen LogP contribution is -2.12. The van der Waals surface area contributed by atoms with Crippen LogP contribution in [0.15, 0.2) is 11.9 Å². The molecule has 1 saturated heterocycles. The van der Waals surface area contributed by atoms with Gasteiger partial charge in [0, 0.05) is 25.1 Å². The van der Waals surface area contributed by atoms with Gasteiger partial charge < -0.3 is 10.6 Å². The van der Waals surface area contributed by atoms with Crippen molar-refractivity contribution in [2.75, 3.05) is 13.1 Å². The first-order valence-electron chi connectivity index (χ1n) is 4.09. The van der Waals surface area contributed by atoms with E-state index in [2.05, 4.69) is 10.6 Å². The van der Waals surface area contributed by atoms with Crippen LogP contribution < -0.4 is 10.6 Å². The van der Waals surface area contributed by atoms with E-state index in [9.17, 15) is 4.79 Å². The molecular weight excluding hydrogens is 140 g/mol. The van der Waals surface area contributed by atoms with Gasteiger partial charge in [-0.2, -0.15) is 0 Å². The van der Waals surface area contributed by atoms with Crippen molar-refractivity contribution in [2.24, 2.45) is 5.92 Å². The summed E-state index contributed by atoms with van der Waals surface area (Å²) in [5, 5.41) is 6.20. The molecule has 1 aliphatic carbocycles. The van der Waals surface area contributed by atoms with Gasteiger partial charge in [-0.3, -0.25) is 4.79 Å². The summed E-state index contributed by atoms with van der Waals surface area (Å²) in [7, 11) is 0. The molecule has 0 aromatic carbocycles. The van der Waals surface area contributed by atoms with E-state index in [4.69, 9.17) is 0 Å². The average molecular weight is 152 g/mol. The van der Waals surface area contributed by atoms with Gasteiger partial charge >= 0.3 is 0 Å². The molecule has 60 valence electrons. The number of carbonyl (C=O) groups is 1. The zero-order valence-corrected chi connectivity index (χ0v) is 6.39. The monoisotopic (exact) mass is 152 g/mol. The Kier molecular flexibility index (Phi) is 1.56. The summed E-state index contributed by atoms with van der Waals surface area (Å²) >= 11 is 0. The molecule has 2 aliphatic rings. The number of rotatable bonds is 2. The largest absolute Gasteiger partial charge is 0.370 e. The summed E-state index contributed by atoms with van der Waals surface area (Å²) in [6.07, 6.45) is 3.87. The van der Waals surface area contributed by atoms with Gasteiger partial charge in [0.25, 0.3) is 0 Å². The minimum atomic E-state index is 0.280. The SMILES string of the molecule is O=C(C=C1NCCN1)C1CC1. The predicted molar refractivity (Wildman–Crippen MR) is 41.8 cm³/mol. The molecule has 0 unspecified atom stereocenters. The van der Waals surface area contributed by atoms with Crippen molar-refractivity contribution in [1.29, 1.82) is 0 Å². The van der Waals surface area contributed by atoms with Gasteiger partial charge in [-0.1, -0.05) is 0 Å². The lowest BCUT2D eigenvalue weighted by Gasteiger charge is -1.96. The number of hydrogen-bond acceptors (Lipinski definition) is 3. The third-order valence-corrected chi connectivity index (χ3v) is 2.02. The Balaban J connectivity index is 1.94. The van der Waals surface area contributed by atoms with Crippen molar-refractivity contribution in [1.82, 2.24) is 10.6 Å². The van der Waals surface area contributed by atoms with Gasteiger partial charge in [-0.05, 0) is 12.8 Å². The van der Waals surface area contributed by atoms with Crippen LogP contribution in [0.2, 0.25) is 0 Å². The Morgan fingerprint density at radius 3 is 2.55 bits per heavy atom. The first-order chi connectivity index (χ1) is 5.36. The van der Waals surface area contributed by atoms with Crippen molar-refractivity contribution < 1.29 is 4.79 Å². The molecule has 0 radical (unpaired) electrons. The molecular formula is C8H12N2O. The van der Waals surface area contributed by atoms with Crippen LogP contribution in [-0.4, -0.2) is 18.9 Å². The van der Waals surface area contributed by atoms with E-state index in [1.54, 1.807) is 6.08 Å². The van der Waals surface area contributed by atoms with Crippen LogP contribution in [0.3, 0.4) is 0 Å². The second-order valence-corrected chi connectivity index (χ2v) is 3.09. The smallest absolute Gasteiger partial charge is 0.162 e. The number of allylic oxidation sites excluding steroid dienone is 1. The molecule has 1 saturated carbocycles. The number of hydrogen-bond donors (Lipinski definition) is 2. The van der Waals surface area contributed by atoms with Gasteiger partial charge in [0.15, 0.2) is 5.78 Å². The second-order valence-electron chi connectivity index (χ2n) is 3.09. The summed E-state index contributed by atoms with van der Waals surface area (Å²) in [5.41, 5.74) is 0. The fourth-order valence-electron chi connectivity index (χ4n) is 1.19. The zero-order valence-electron chi connectivity index (χ0n) is 6.39. The summed E-state index contributed by atoms with van der Waals surface area (Å²) in [4.78, 5) is 11.2. The molecule has 1 aliphatic heterocycles. The van der Waals surface area contributed by atoms with Crippen LogP contribution in [0.25, 0.3) is 0 Å². The molecule has 0 aromatic heterocycles. The van der Waals surface area contributed by atoms with E-state index >= 15 is 0 Å². The summed E-state index contributed by atoms with van der Waals surface area (Å²) in [5.74, 6) is 1.52. The fraction of sp³-hybridized carbons (Fsp3) is 0.625. The highest BCUT2D eigenvalue weighted by Gasteiger charge is 2.28. The maximum absolute atomic E-state index is 11.2. The van der Waals surface area contributed by atoms with Crippen LogP contribution in [0.1, 0.15) is 12.8 Å². The topological polar surface area (TPSA) is 41.1 Å². The van der Waals surface area contributed by atoms with Crippen LogP contribution >= 0.6 is 0 Å². The zero-order chi connectivity index (χ0) is 7.68.